The number of anilines is 2. The first-order valence-electron chi connectivity index (χ1n) is 9.19. The van der Waals surface area contributed by atoms with Gasteiger partial charge in [0.1, 0.15) is 5.82 Å². The summed E-state index contributed by atoms with van der Waals surface area (Å²) in [7, 11) is 0. The molecule has 3 aromatic rings. The minimum atomic E-state index is -0.184. The molecule has 0 aliphatic carbocycles. The molecule has 0 spiro atoms. The summed E-state index contributed by atoms with van der Waals surface area (Å²) in [5, 5.41) is 3.59. The smallest absolute Gasteiger partial charge is 0.123 e. The molecule has 0 radical (unpaired) electrons. The van der Waals surface area contributed by atoms with Crippen molar-refractivity contribution < 1.29 is 4.39 Å². The van der Waals surface area contributed by atoms with E-state index >= 15 is 0 Å². The normalized spacial score (nSPS) is 19.9. The van der Waals surface area contributed by atoms with Gasteiger partial charge in [0.2, 0.25) is 0 Å². The summed E-state index contributed by atoms with van der Waals surface area (Å²) in [5.41, 5.74) is 3.57. The molecule has 2 unspecified atom stereocenters. The van der Waals surface area contributed by atoms with Crippen LogP contribution in [0.1, 0.15) is 24.4 Å². The van der Waals surface area contributed by atoms with E-state index in [1.807, 2.05) is 12.1 Å². The molecule has 0 bridgehead atoms. The third-order valence-corrected chi connectivity index (χ3v) is 5.08. The average Bonchev–Trinajstić information content (AvgIpc) is 2.71. The van der Waals surface area contributed by atoms with Gasteiger partial charge in [0.25, 0.3) is 0 Å². The number of hydrogen-bond acceptors (Lipinski definition) is 2. The highest BCUT2D eigenvalue weighted by Crippen LogP contribution is 2.34. The Balaban J connectivity index is 1.64. The number of hydrogen-bond donors (Lipinski definition) is 1. The van der Waals surface area contributed by atoms with Gasteiger partial charge in [-0.25, -0.2) is 4.39 Å². The van der Waals surface area contributed by atoms with Crippen molar-refractivity contribution in [2.75, 3.05) is 11.4 Å². The summed E-state index contributed by atoms with van der Waals surface area (Å²) < 4.78 is 13.3. The molecule has 1 saturated heterocycles. The van der Waals surface area contributed by atoms with Crippen molar-refractivity contribution >= 4 is 11.4 Å². The van der Waals surface area contributed by atoms with Crippen molar-refractivity contribution in [2.24, 2.45) is 0 Å². The third kappa shape index (κ3) is 3.63. The molecule has 3 aromatic carbocycles. The van der Waals surface area contributed by atoms with Crippen LogP contribution in [-0.2, 0) is 0 Å². The van der Waals surface area contributed by atoms with E-state index in [0.717, 1.165) is 24.9 Å². The summed E-state index contributed by atoms with van der Waals surface area (Å²) in [6.07, 6.45) is 2.05. The van der Waals surface area contributed by atoms with Gasteiger partial charge in [0.05, 0.1) is 0 Å². The van der Waals surface area contributed by atoms with Crippen LogP contribution in [0.2, 0.25) is 0 Å². The Morgan fingerprint density at radius 1 is 0.769 bits per heavy atom. The van der Waals surface area contributed by atoms with Crippen LogP contribution in [0, 0.1) is 5.82 Å². The van der Waals surface area contributed by atoms with E-state index < -0.39 is 0 Å². The first-order valence-corrected chi connectivity index (χ1v) is 9.19. The maximum Gasteiger partial charge on any atom is 0.123 e. The van der Waals surface area contributed by atoms with E-state index in [1.54, 1.807) is 12.1 Å². The molecular weight excluding hydrogens is 323 g/mol. The van der Waals surface area contributed by atoms with Crippen LogP contribution in [0.5, 0.6) is 0 Å². The molecule has 0 saturated carbocycles. The maximum atomic E-state index is 13.3. The van der Waals surface area contributed by atoms with Crippen LogP contribution >= 0.6 is 0 Å². The van der Waals surface area contributed by atoms with E-state index in [-0.39, 0.29) is 11.9 Å². The molecular formula is C23H23FN2. The minimum Gasteiger partial charge on any atom is -0.338 e. The molecule has 0 amide bonds. The standard InChI is InChI=1S/C23H23FN2/c24-19-13-11-18(12-14-19)23-17-22(15-16-25-23)26(20-7-3-1-4-8-20)21-9-5-2-6-10-21/h1-14,22-23,25H,15-17H2. The lowest BCUT2D eigenvalue weighted by Crippen LogP contribution is -2.42. The monoisotopic (exact) mass is 346 g/mol. The number of para-hydroxylation sites is 2. The molecule has 2 nitrogen and oxygen atoms in total. The number of halogens is 1. The molecule has 26 heavy (non-hydrogen) atoms. The Labute approximate surface area is 154 Å². The highest BCUT2D eigenvalue weighted by Gasteiger charge is 2.28. The summed E-state index contributed by atoms with van der Waals surface area (Å²) in [6, 6.07) is 28.6. The number of rotatable bonds is 4. The van der Waals surface area contributed by atoms with Gasteiger partial charge in [-0.3, -0.25) is 0 Å². The van der Waals surface area contributed by atoms with Crippen molar-refractivity contribution in [1.82, 2.24) is 5.32 Å². The second-order valence-corrected chi connectivity index (χ2v) is 6.78. The molecule has 2 atom stereocenters. The maximum absolute atomic E-state index is 13.3. The average molecular weight is 346 g/mol. The van der Waals surface area contributed by atoms with Gasteiger partial charge in [0, 0.05) is 23.5 Å². The van der Waals surface area contributed by atoms with Crippen LogP contribution in [0.4, 0.5) is 15.8 Å². The molecule has 1 aliphatic heterocycles. The first kappa shape index (κ1) is 16.8. The van der Waals surface area contributed by atoms with Gasteiger partial charge < -0.3 is 10.2 Å². The topological polar surface area (TPSA) is 15.3 Å². The molecule has 0 aromatic heterocycles. The number of piperidine rings is 1. The Morgan fingerprint density at radius 3 is 1.92 bits per heavy atom. The Bertz CT molecular complexity index is 778. The van der Waals surface area contributed by atoms with Crippen LogP contribution in [0.25, 0.3) is 0 Å². The van der Waals surface area contributed by atoms with Gasteiger partial charge in [-0.05, 0) is 61.3 Å². The SMILES string of the molecule is Fc1ccc(C2CC(N(c3ccccc3)c3ccccc3)CCN2)cc1. The van der Waals surface area contributed by atoms with Gasteiger partial charge in [-0.2, -0.15) is 0 Å². The van der Waals surface area contributed by atoms with E-state index in [0.29, 0.717) is 6.04 Å². The van der Waals surface area contributed by atoms with Crippen molar-refractivity contribution in [1.29, 1.82) is 0 Å². The first-order chi connectivity index (χ1) is 12.8. The number of nitrogens with zero attached hydrogens (tertiary/aromatic N) is 1. The lowest BCUT2D eigenvalue weighted by molar-refractivity contribution is 0.366. The molecule has 132 valence electrons. The number of benzene rings is 3. The molecule has 1 heterocycles. The van der Waals surface area contributed by atoms with Crippen LogP contribution < -0.4 is 10.2 Å². The van der Waals surface area contributed by atoms with Crippen molar-refractivity contribution in [2.45, 2.75) is 24.9 Å². The second-order valence-electron chi connectivity index (χ2n) is 6.78. The Morgan fingerprint density at radius 2 is 1.35 bits per heavy atom. The lowest BCUT2D eigenvalue weighted by Gasteiger charge is -2.39. The minimum absolute atomic E-state index is 0.184. The van der Waals surface area contributed by atoms with Crippen LogP contribution in [-0.4, -0.2) is 12.6 Å². The Kier molecular flexibility index (Phi) is 4.98. The van der Waals surface area contributed by atoms with Crippen LogP contribution in [0.15, 0.2) is 84.9 Å². The van der Waals surface area contributed by atoms with Gasteiger partial charge >= 0.3 is 0 Å². The van der Waals surface area contributed by atoms with Crippen LogP contribution in [0.3, 0.4) is 0 Å². The lowest BCUT2D eigenvalue weighted by atomic mass is 9.92. The molecule has 1 N–H and O–H groups in total. The largest absolute Gasteiger partial charge is 0.338 e. The summed E-state index contributed by atoms with van der Waals surface area (Å²) in [6.45, 7) is 0.947. The fourth-order valence-corrected chi connectivity index (χ4v) is 3.83. The highest BCUT2D eigenvalue weighted by molar-refractivity contribution is 5.64. The zero-order valence-electron chi connectivity index (χ0n) is 14.7. The van der Waals surface area contributed by atoms with Crippen molar-refractivity contribution in [3.8, 4) is 0 Å². The van der Waals surface area contributed by atoms with E-state index in [2.05, 4.69) is 70.9 Å². The predicted octanol–water partition coefficient (Wildman–Crippen LogP) is 5.46. The van der Waals surface area contributed by atoms with Crippen molar-refractivity contribution in [3.05, 3.63) is 96.3 Å². The molecule has 3 heteroatoms. The fraction of sp³-hybridized carbons (Fsp3) is 0.217. The van der Waals surface area contributed by atoms with E-state index in [1.165, 1.54) is 11.4 Å². The molecule has 4 rings (SSSR count). The quantitative estimate of drug-likeness (QED) is 0.675. The third-order valence-electron chi connectivity index (χ3n) is 5.08. The van der Waals surface area contributed by atoms with Crippen molar-refractivity contribution in [3.63, 3.8) is 0 Å². The zero-order valence-corrected chi connectivity index (χ0v) is 14.7. The highest BCUT2D eigenvalue weighted by atomic mass is 19.1. The van der Waals surface area contributed by atoms with Gasteiger partial charge in [-0.1, -0.05) is 48.5 Å². The summed E-state index contributed by atoms with van der Waals surface area (Å²) in [4.78, 5) is 2.44. The van der Waals surface area contributed by atoms with E-state index in [9.17, 15) is 4.39 Å². The molecule has 1 fully saturated rings. The zero-order chi connectivity index (χ0) is 17.8. The molecule has 1 aliphatic rings. The predicted molar refractivity (Wildman–Crippen MR) is 105 cm³/mol. The summed E-state index contributed by atoms with van der Waals surface area (Å²) >= 11 is 0. The summed E-state index contributed by atoms with van der Waals surface area (Å²) in [5.74, 6) is -0.184. The van der Waals surface area contributed by atoms with Gasteiger partial charge in [-0.15, -0.1) is 0 Å². The van der Waals surface area contributed by atoms with Gasteiger partial charge in [0.15, 0.2) is 0 Å². The Hall–Kier alpha value is -2.65. The fourth-order valence-electron chi connectivity index (χ4n) is 3.83. The van der Waals surface area contributed by atoms with E-state index in [4.69, 9.17) is 0 Å². The second kappa shape index (κ2) is 7.71. The number of nitrogens with one attached hydrogen (secondary N) is 1.